The van der Waals surface area contributed by atoms with Crippen molar-refractivity contribution < 1.29 is 14.3 Å². The van der Waals surface area contributed by atoms with Crippen LogP contribution in [0.15, 0.2) is 0 Å². The van der Waals surface area contributed by atoms with Crippen molar-refractivity contribution in [1.82, 2.24) is 9.78 Å². The van der Waals surface area contributed by atoms with Crippen molar-refractivity contribution in [3.05, 3.63) is 17.0 Å². The summed E-state index contributed by atoms with van der Waals surface area (Å²) in [5.41, 5.74) is 2.09. The maximum Gasteiger partial charge on any atom is 0.359 e. The van der Waals surface area contributed by atoms with Gasteiger partial charge in [-0.2, -0.15) is 5.10 Å². The summed E-state index contributed by atoms with van der Waals surface area (Å²) in [6.45, 7) is 2.10. The van der Waals surface area contributed by atoms with Crippen LogP contribution in [-0.4, -0.2) is 28.1 Å². The third kappa shape index (κ3) is 1.73. The summed E-state index contributed by atoms with van der Waals surface area (Å²) in [5.74, 6) is -0.195. The number of hydrogen-bond donors (Lipinski definition) is 0. The lowest BCUT2D eigenvalue weighted by atomic mass is 9.95. The lowest BCUT2D eigenvalue weighted by molar-refractivity contribution is -0.118. The fraction of sp³-hybridized carbons (Fsp3) is 0.545. The van der Waals surface area contributed by atoms with Crippen LogP contribution in [-0.2, 0) is 29.4 Å². The van der Waals surface area contributed by atoms with Crippen molar-refractivity contribution in [3.8, 4) is 0 Å². The summed E-state index contributed by atoms with van der Waals surface area (Å²) in [4.78, 5) is 23.0. The maximum atomic E-state index is 11.6. The zero-order valence-electron chi connectivity index (χ0n) is 9.45. The molecule has 1 aromatic rings. The zero-order chi connectivity index (χ0) is 11.7. The highest BCUT2D eigenvalue weighted by atomic mass is 16.5. The van der Waals surface area contributed by atoms with Crippen LogP contribution in [0.5, 0.6) is 0 Å². The minimum atomic E-state index is -0.395. The van der Waals surface area contributed by atoms with Gasteiger partial charge in [0.25, 0.3) is 0 Å². The van der Waals surface area contributed by atoms with Gasteiger partial charge in [-0.05, 0) is 13.3 Å². The van der Waals surface area contributed by atoms with Gasteiger partial charge < -0.3 is 4.74 Å². The van der Waals surface area contributed by atoms with E-state index in [0.717, 1.165) is 11.3 Å². The Labute approximate surface area is 93.4 Å². The SMILES string of the molecule is CCOC(=O)c1nn(C)c2c1CCC(=O)C2. The molecule has 0 aromatic carbocycles. The van der Waals surface area contributed by atoms with Gasteiger partial charge in [-0.1, -0.05) is 0 Å². The molecule has 5 nitrogen and oxygen atoms in total. The molecule has 16 heavy (non-hydrogen) atoms. The van der Waals surface area contributed by atoms with Crippen LogP contribution in [0, 0.1) is 0 Å². The van der Waals surface area contributed by atoms with Gasteiger partial charge in [-0.3, -0.25) is 9.48 Å². The van der Waals surface area contributed by atoms with Crippen LogP contribution in [0.3, 0.4) is 0 Å². The van der Waals surface area contributed by atoms with Gasteiger partial charge in [-0.25, -0.2) is 4.79 Å². The smallest absolute Gasteiger partial charge is 0.359 e. The summed E-state index contributed by atoms with van der Waals surface area (Å²) >= 11 is 0. The molecule has 5 heteroatoms. The minimum Gasteiger partial charge on any atom is -0.461 e. The normalized spacial score (nSPS) is 14.8. The number of fused-ring (bicyclic) bond motifs is 1. The van der Waals surface area contributed by atoms with E-state index in [0.29, 0.717) is 31.6 Å². The molecular formula is C11H14N2O3. The van der Waals surface area contributed by atoms with E-state index >= 15 is 0 Å². The van der Waals surface area contributed by atoms with Gasteiger partial charge in [0.15, 0.2) is 5.69 Å². The van der Waals surface area contributed by atoms with Crippen molar-refractivity contribution in [3.63, 3.8) is 0 Å². The summed E-state index contributed by atoms with van der Waals surface area (Å²) in [5, 5.41) is 4.14. The van der Waals surface area contributed by atoms with E-state index in [2.05, 4.69) is 5.10 Å². The highest BCUT2D eigenvalue weighted by molar-refractivity contribution is 5.91. The fourth-order valence-electron chi connectivity index (χ4n) is 1.99. The molecule has 2 rings (SSSR count). The van der Waals surface area contributed by atoms with E-state index in [-0.39, 0.29) is 5.78 Å². The number of Topliss-reactive ketones (excluding diaryl/α,β-unsaturated/α-hetero) is 1. The van der Waals surface area contributed by atoms with Gasteiger partial charge in [0.05, 0.1) is 6.61 Å². The van der Waals surface area contributed by atoms with E-state index < -0.39 is 5.97 Å². The number of carbonyl (C=O) groups is 2. The minimum absolute atomic E-state index is 0.200. The summed E-state index contributed by atoms with van der Waals surface area (Å²) in [6, 6.07) is 0. The number of ether oxygens (including phenoxy) is 1. The Bertz CT molecular complexity index is 448. The number of hydrogen-bond acceptors (Lipinski definition) is 4. The Morgan fingerprint density at radius 3 is 2.94 bits per heavy atom. The lowest BCUT2D eigenvalue weighted by Gasteiger charge is -2.11. The molecule has 86 valence electrons. The monoisotopic (exact) mass is 222 g/mol. The van der Waals surface area contributed by atoms with Crippen LogP contribution < -0.4 is 0 Å². The van der Waals surface area contributed by atoms with Gasteiger partial charge in [0, 0.05) is 31.1 Å². The van der Waals surface area contributed by atoms with Crippen molar-refractivity contribution in [2.45, 2.75) is 26.2 Å². The van der Waals surface area contributed by atoms with Gasteiger partial charge in [0.1, 0.15) is 5.78 Å². The molecule has 1 aliphatic carbocycles. The van der Waals surface area contributed by atoms with Crippen molar-refractivity contribution in [2.24, 2.45) is 7.05 Å². The highest BCUT2D eigenvalue weighted by Crippen LogP contribution is 2.22. The quantitative estimate of drug-likeness (QED) is 0.689. The van der Waals surface area contributed by atoms with E-state index in [1.165, 1.54) is 0 Å². The third-order valence-electron chi connectivity index (χ3n) is 2.76. The van der Waals surface area contributed by atoms with Crippen molar-refractivity contribution in [2.75, 3.05) is 6.61 Å². The number of rotatable bonds is 2. The topological polar surface area (TPSA) is 61.2 Å². The molecule has 0 aliphatic heterocycles. The predicted molar refractivity (Wildman–Crippen MR) is 56.2 cm³/mol. The van der Waals surface area contributed by atoms with Gasteiger partial charge >= 0.3 is 5.97 Å². The van der Waals surface area contributed by atoms with Crippen LogP contribution >= 0.6 is 0 Å². The number of carbonyl (C=O) groups excluding carboxylic acids is 2. The number of esters is 1. The molecule has 0 radical (unpaired) electrons. The molecule has 0 bridgehead atoms. The fourth-order valence-corrected chi connectivity index (χ4v) is 1.99. The van der Waals surface area contributed by atoms with Gasteiger partial charge in [-0.15, -0.1) is 0 Å². The van der Waals surface area contributed by atoms with Crippen molar-refractivity contribution >= 4 is 11.8 Å². The first-order chi connectivity index (χ1) is 7.63. The van der Waals surface area contributed by atoms with Crippen LogP contribution in [0.1, 0.15) is 35.1 Å². The van der Waals surface area contributed by atoms with E-state index in [4.69, 9.17) is 4.74 Å². The van der Waals surface area contributed by atoms with Crippen LogP contribution in [0.25, 0.3) is 0 Å². The Kier molecular flexibility index (Phi) is 2.77. The summed E-state index contributed by atoms with van der Waals surface area (Å²) in [7, 11) is 1.75. The Morgan fingerprint density at radius 1 is 1.50 bits per heavy atom. The second-order valence-electron chi connectivity index (χ2n) is 3.83. The Morgan fingerprint density at radius 2 is 2.25 bits per heavy atom. The molecule has 1 aromatic heterocycles. The van der Waals surface area contributed by atoms with Gasteiger partial charge in [0.2, 0.25) is 0 Å². The number of nitrogens with zero attached hydrogens (tertiary/aromatic N) is 2. The molecule has 0 N–H and O–H groups in total. The third-order valence-corrected chi connectivity index (χ3v) is 2.76. The molecule has 1 aliphatic rings. The number of aryl methyl sites for hydroxylation is 1. The molecule has 0 fully saturated rings. The number of ketones is 1. The molecule has 1 heterocycles. The second-order valence-corrected chi connectivity index (χ2v) is 3.83. The largest absolute Gasteiger partial charge is 0.461 e. The average Bonchev–Trinajstić information content (AvgIpc) is 2.56. The molecule has 0 saturated heterocycles. The van der Waals surface area contributed by atoms with Crippen LogP contribution in [0.2, 0.25) is 0 Å². The first-order valence-corrected chi connectivity index (χ1v) is 5.37. The first-order valence-electron chi connectivity index (χ1n) is 5.37. The number of aromatic nitrogens is 2. The Balaban J connectivity index is 2.38. The molecular weight excluding hydrogens is 208 g/mol. The molecule has 0 saturated carbocycles. The molecule has 0 spiro atoms. The molecule has 0 unspecified atom stereocenters. The molecule has 0 atom stereocenters. The molecule has 0 amide bonds. The van der Waals surface area contributed by atoms with E-state index in [1.807, 2.05) is 0 Å². The lowest BCUT2D eigenvalue weighted by Crippen LogP contribution is -2.16. The first kappa shape index (κ1) is 10.9. The summed E-state index contributed by atoms with van der Waals surface area (Å²) in [6.07, 6.45) is 1.46. The zero-order valence-corrected chi connectivity index (χ0v) is 9.45. The predicted octanol–water partition coefficient (Wildman–Crippen LogP) is 0.655. The standard InChI is InChI=1S/C11H14N2O3/c1-3-16-11(15)10-8-5-4-7(14)6-9(8)13(2)12-10/h3-6H2,1-2H3. The van der Waals surface area contributed by atoms with E-state index in [9.17, 15) is 9.59 Å². The van der Waals surface area contributed by atoms with E-state index in [1.54, 1.807) is 18.7 Å². The van der Waals surface area contributed by atoms with Crippen molar-refractivity contribution in [1.29, 1.82) is 0 Å². The maximum absolute atomic E-state index is 11.6. The highest BCUT2D eigenvalue weighted by Gasteiger charge is 2.27. The summed E-state index contributed by atoms with van der Waals surface area (Å²) < 4.78 is 6.54. The Hall–Kier alpha value is -1.65. The second kappa shape index (κ2) is 4.08. The average molecular weight is 222 g/mol. The van der Waals surface area contributed by atoms with Crippen LogP contribution in [0.4, 0.5) is 0 Å².